The van der Waals surface area contributed by atoms with Crippen LogP contribution in [0.25, 0.3) is 16.6 Å². The van der Waals surface area contributed by atoms with Gasteiger partial charge < -0.3 is 15.0 Å². The molecule has 0 saturated carbocycles. The Morgan fingerprint density at radius 2 is 2.00 bits per heavy atom. The van der Waals surface area contributed by atoms with E-state index in [1.807, 2.05) is 30.5 Å². The summed E-state index contributed by atoms with van der Waals surface area (Å²) >= 11 is 4.54. The fourth-order valence-electron chi connectivity index (χ4n) is 3.08. The van der Waals surface area contributed by atoms with Crippen LogP contribution >= 0.6 is 45.2 Å². The molecule has 7 heteroatoms. The summed E-state index contributed by atoms with van der Waals surface area (Å²) in [4.78, 5) is 4.42. The molecule has 0 saturated heterocycles. The van der Waals surface area contributed by atoms with Gasteiger partial charge in [-0.2, -0.15) is 0 Å². The van der Waals surface area contributed by atoms with E-state index in [1.165, 1.54) is 0 Å². The van der Waals surface area contributed by atoms with Crippen molar-refractivity contribution in [2.24, 2.45) is 10.7 Å². The summed E-state index contributed by atoms with van der Waals surface area (Å²) in [6.07, 6.45) is 2.82. The van der Waals surface area contributed by atoms with Crippen LogP contribution in [0.15, 0.2) is 41.5 Å². The number of hydrogen-bond acceptors (Lipinski definition) is 3. The van der Waals surface area contributed by atoms with Gasteiger partial charge in [-0.15, -0.1) is 0 Å². The standard InChI is InChI=1S/C19H16I2N4O/c1-2-5-24-19(23)13-9-25-14-7-10(20)3-4-15(14)26-16-8-11(21)6-12(17(13)22)18(16)25/h3-4,6-9,22H,2,5H2,1H3,(H2,23,24). The second kappa shape index (κ2) is 6.84. The summed E-state index contributed by atoms with van der Waals surface area (Å²) in [6, 6.07) is 10.1. The SMILES string of the molecule is CCCN=C(N)c1cn2c3c(cc(I)cc3c1=N)Oc1ccc(I)cc1-2. The lowest BCUT2D eigenvalue weighted by molar-refractivity contribution is 0.474. The van der Waals surface area contributed by atoms with E-state index in [0.29, 0.717) is 23.3 Å². The molecule has 0 amide bonds. The highest BCUT2D eigenvalue weighted by molar-refractivity contribution is 14.1. The number of rotatable bonds is 3. The maximum Gasteiger partial charge on any atom is 0.153 e. The third-order valence-corrected chi connectivity index (χ3v) is 5.55. The Morgan fingerprint density at radius 1 is 1.19 bits per heavy atom. The average Bonchev–Trinajstić information content (AvgIpc) is 2.62. The topological polar surface area (TPSA) is 76.4 Å². The number of hydrogen-bond donors (Lipinski definition) is 2. The Balaban J connectivity index is 2.11. The number of halogens is 2. The van der Waals surface area contributed by atoms with Crippen LogP contribution in [0.3, 0.4) is 0 Å². The molecule has 1 aliphatic rings. The Kier molecular flexibility index (Phi) is 4.68. The quantitative estimate of drug-likeness (QED) is 0.216. The molecule has 2 aromatic carbocycles. The van der Waals surface area contributed by atoms with Crippen LogP contribution in [0.4, 0.5) is 0 Å². The lowest BCUT2D eigenvalue weighted by Gasteiger charge is -2.24. The van der Waals surface area contributed by atoms with Gasteiger partial charge in [0, 0.05) is 25.3 Å². The first-order valence-corrected chi connectivity index (χ1v) is 10.4. The summed E-state index contributed by atoms with van der Waals surface area (Å²) in [5, 5.41) is 9.88. The molecular formula is C19H16I2N4O. The highest BCUT2D eigenvalue weighted by Gasteiger charge is 2.22. The van der Waals surface area contributed by atoms with Crippen LogP contribution in [-0.4, -0.2) is 16.9 Å². The number of nitrogens with zero attached hydrogens (tertiary/aromatic N) is 2. The molecule has 1 aromatic heterocycles. The molecule has 2 heterocycles. The van der Waals surface area contributed by atoms with Crippen molar-refractivity contribution in [2.75, 3.05) is 6.54 Å². The molecule has 0 aliphatic carbocycles. The molecule has 0 atom stereocenters. The van der Waals surface area contributed by atoms with Crippen molar-refractivity contribution in [1.29, 1.82) is 5.41 Å². The predicted molar refractivity (Wildman–Crippen MR) is 121 cm³/mol. The molecule has 0 radical (unpaired) electrons. The minimum atomic E-state index is 0.381. The predicted octanol–water partition coefficient (Wildman–Crippen LogP) is 4.54. The van der Waals surface area contributed by atoms with E-state index >= 15 is 0 Å². The first-order chi connectivity index (χ1) is 12.5. The molecule has 0 bridgehead atoms. The van der Waals surface area contributed by atoms with Crippen molar-refractivity contribution in [1.82, 2.24) is 4.57 Å². The maximum atomic E-state index is 8.69. The molecule has 132 valence electrons. The molecule has 0 spiro atoms. The van der Waals surface area contributed by atoms with Gasteiger partial charge in [0.05, 0.1) is 22.1 Å². The van der Waals surface area contributed by atoms with E-state index in [2.05, 4.69) is 67.7 Å². The second-order valence-electron chi connectivity index (χ2n) is 6.07. The van der Waals surface area contributed by atoms with E-state index in [-0.39, 0.29) is 0 Å². The fraction of sp³-hybridized carbons (Fsp3) is 0.158. The number of amidine groups is 1. The van der Waals surface area contributed by atoms with E-state index in [9.17, 15) is 0 Å². The monoisotopic (exact) mass is 570 g/mol. The lowest BCUT2D eigenvalue weighted by Crippen LogP contribution is -2.26. The van der Waals surface area contributed by atoms with Gasteiger partial charge in [0.25, 0.3) is 0 Å². The zero-order chi connectivity index (χ0) is 18.4. The second-order valence-corrected chi connectivity index (χ2v) is 8.56. The van der Waals surface area contributed by atoms with Gasteiger partial charge in [0.2, 0.25) is 0 Å². The van der Waals surface area contributed by atoms with Crippen molar-refractivity contribution in [3.8, 4) is 17.2 Å². The summed E-state index contributed by atoms with van der Waals surface area (Å²) in [5.41, 5.74) is 8.70. The molecule has 3 N–H and O–H groups in total. The summed E-state index contributed by atoms with van der Waals surface area (Å²) in [5.74, 6) is 1.95. The summed E-state index contributed by atoms with van der Waals surface area (Å²) in [7, 11) is 0. The van der Waals surface area contributed by atoms with E-state index in [0.717, 1.165) is 41.7 Å². The minimum absolute atomic E-state index is 0.381. The normalized spacial score (nSPS) is 12.8. The van der Waals surface area contributed by atoms with Crippen molar-refractivity contribution in [3.05, 3.63) is 54.6 Å². The highest BCUT2D eigenvalue weighted by atomic mass is 127. The zero-order valence-corrected chi connectivity index (χ0v) is 18.3. The van der Waals surface area contributed by atoms with Crippen molar-refractivity contribution in [3.63, 3.8) is 0 Å². The number of fused-ring (bicyclic) bond motifs is 2. The van der Waals surface area contributed by atoms with Gasteiger partial charge in [-0.05, 0) is 81.9 Å². The molecule has 3 aromatic rings. The van der Waals surface area contributed by atoms with Gasteiger partial charge in [-0.25, -0.2) is 0 Å². The molecule has 1 aliphatic heterocycles. The number of aliphatic imine (C=N–C) groups is 1. The number of nitrogens with two attached hydrogens (primary N) is 1. The number of aromatic nitrogens is 1. The van der Waals surface area contributed by atoms with Crippen LogP contribution in [0.2, 0.25) is 0 Å². The lowest BCUT2D eigenvalue weighted by atomic mass is 10.1. The van der Waals surface area contributed by atoms with Crippen LogP contribution in [0, 0.1) is 12.5 Å². The Bertz CT molecular complexity index is 1130. The van der Waals surface area contributed by atoms with Gasteiger partial charge in [-0.3, -0.25) is 10.4 Å². The maximum absolute atomic E-state index is 8.69. The van der Waals surface area contributed by atoms with Crippen LogP contribution in [-0.2, 0) is 0 Å². The van der Waals surface area contributed by atoms with Crippen molar-refractivity contribution in [2.45, 2.75) is 13.3 Å². The first kappa shape index (κ1) is 17.8. The van der Waals surface area contributed by atoms with Gasteiger partial charge in [-0.1, -0.05) is 6.92 Å². The minimum Gasteiger partial charge on any atom is -0.453 e. The molecular weight excluding hydrogens is 554 g/mol. The molecule has 4 rings (SSSR count). The van der Waals surface area contributed by atoms with E-state index < -0.39 is 0 Å². The van der Waals surface area contributed by atoms with E-state index in [1.54, 1.807) is 0 Å². The molecule has 0 fully saturated rings. The Morgan fingerprint density at radius 3 is 2.77 bits per heavy atom. The third kappa shape index (κ3) is 2.90. The van der Waals surface area contributed by atoms with Crippen molar-refractivity contribution >= 4 is 61.9 Å². The number of nitrogens with one attached hydrogen (secondary N) is 1. The van der Waals surface area contributed by atoms with Crippen LogP contribution < -0.4 is 15.8 Å². The Hall–Kier alpha value is -1.62. The smallest absolute Gasteiger partial charge is 0.153 e. The summed E-state index contributed by atoms with van der Waals surface area (Å²) < 4.78 is 10.3. The van der Waals surface area contributed by atoms with Gasteiger partial charge in [0.15, 0.2) is 11.5 Å². The number of benzene rings is 2. The van der Waals surface area contributed by atoms with E-state index in [4.69, 9.17) is 15.9 Å². The molecule has 26 heavy (non-hydrogen) atoms. The third-order valence-electron chi connectivity index (χ3n) is 4.26. The van der Waals surface area contributed by atoms with Crippen molar-refractivity contribution < 1.29 is 4.74 Å². The average molecular weight is 570 g/mol. The van der Waals surface area contributed by atoms with Crippen LogP contribution in [0.1, 0.15) is 18.9 Å². The van der Waals surface area contributed by atoms with Gasteiger partial charge in [0.1, 0.15) is 5.84 Å². The van der Waals surface area contributed by atoms with Crippen LogP contribution in [0.5, 0.6) is 11.5 Å². The highest BCUT2D eigenvalue weighted by Crippen LogP contribution is 2.40. The summed E-state index contributed by atoms with van der Waals surface area (Å²) in [6.45, 7) is 2.71. The van der Waals surface area contributed by atoms with Gasteiger partial charge >= 0.3 is 0 Å². The first-order valence-electron chi connectivity index (χ1n) is 8.21. The molecule has 0 unspecified atom stereocenters. The Labute approximate surface area is 178 Å². The number of ether oxygens (including phenoxy) is 1. The fourth-order valence-corrected chi connectivity index (χ4v) is 4.15. The zero-order valence-electron chi connectivity index (χ0n) is 14.0. The molecule has 5 nitrogen and oxygen atoms in total. The number of pyridine rings is 1. The largest absolute Gasteiger partial charge is 0.453 e.